The minimum atomic E-state index is -0.601. The Morgan fingerprint density at radius 1 is 1.69 bits per heavy atom. The third-order valence-corrected chi connectivity index (χ3v) is 2.29. The smallest absolute Gasteiger partial charge is 0.242 e. The van der Waals surface area contributed by atoms with Crippen LogP contribution in [0.25, 0.3) is 0 Å². The fourth-order valence-corrected chi connectivity index (χ4v) is 1.37. The van der Waals surface area contributed by atoms with Crippen molar-refractivity contribution in [2.24, 2.45) is 5.92 Å². The van der Waals surface area contributed by atoms with E-state index in [2.05, 4.69) is 10.4 Å². The predicted molar refractivity (Wildman–Crippen MR) is 60.6 cm³/mol. The van der Waals surface area contributed by atoms with Crippen LogP contribution in [0.2, 0.25) is 0 Å². The van der Waals surface area contributed by atoms with E-state index in [1.807, 2.05) is 26.8 Å². The largest absolute Gasteiger partial charge is 0.310 e. The Hall–Kier alpha value is -1.83. The molecule has 86 valence electrons. The first kappa shape index (κ1) is 12.2. The van der Waals surface area contributed by atoms with Gasteiger partial charge in [0.2, 0.25) is 5.91 Å². The maximum absolute atomic E-state index is 11.7. The van der Waals surface area contributed by atoms with Gasteiger partial charge in [-0.1, -0.05) is 6.92 Å². The predicted octanol–water partition coefficient (Wildman–Crippen LogP) is 1.95. The van der Waals surface area contributed by atoms with E-state index in [1.165, 1.54) is 0 Å². The second-order valence-corrected chi connectivity index (χ2v) is 3.83. The highest BCUT2D eigenvalue weighted by Gasteiger charge is 2.17. The summed E-state index contributed by atoms with van der Waals surface area (Å²) in [5.41, 5.74) is 0. The minimum absolute atomic E-state index is 0.174. The molecule has 1 N–H and O–H groups in total. The fourth-order valence-electron chi connectivity index (χ4n) is 1.37. The Labute approximate surface area is 95.1 Å². The van der Waals surface area contributed by atoms with Crippen molar-refractivity contribution in [2.45, 2.75) is 33.2 Å². The summed E-state index contributed by atoms with van der Waals surface area (Å²) in [7, 11) is 0. The van der Waals surface area contributed by atoms with Gasteiger partial charge in [-0.25, -0.2) is 4.68 Å². The van der Waals surface area contributed by atoms with Crippen molar-refractivity contribution in [3.8, 4) is 6.07 Å². The number of amides is 1. The number of nitrogens with one attached hydrogen (secondary N) is 1. The van der Waals surface area contributed by atoms with Crippen molar-refractivity contribution in [1.82, 2.24) is 9.78 Å². The van der Waals surface area contributed by atoms with Gasteiger partial charge in [0.25, 0.3) is 0 Å². The van der Waals surface area contributed by atoms with Gasteiger partial charge in [0.05, 0.1) is 12.3 Å². The standard InChI is InChI=1S/C11H16N4O/c1-4-9(7-12)11(16)14-10-5-6-13-15(10)8(2)3/h5-6,8-9H,4H2,1-3H3,(H,14,16). The topological polar surface area (TPSA) is 70.7 Å². The van der Waals surface area contributed by atoms with Gasteiger partial charge in [0.1, 0.15) is 11.7 Å². The third-order valence-electron chi connectivity index (χ3n) is 2.29. The highest BCUT2D eigenvalue weighted by molar-refractivity contribution is 5.93. The first-order valence-electron chi connectivity index (χ1n) is 5.34. The lowest BCUT2D eigenvalue weighted by molar-refractivity contribution is -0.118. The zero-order valence-electron chi connectivity index (χ0n) is 9.77. The Balaban J connectivity index is 2.77. The van der Waals surface area contributed by atoms with Crippen molar-refractivity contribution in [2.75, 3.05) is 5.32 Å². The number of anilines is 1. The number of carbonyl (C=O) groups excluding carboxylic acids is 1. The molecule has 1 heterocycles. The van der Waals surface area contributed by atoms with Crippen LogP contribution >= 0.6 is 0 Å². The molecule has 0 spiro atoms. The summed E-state index contributed by atoms with van der Waals surface area (Å²) in [4.78, 5) is 11.7. The molecular weight excluding hydrogens is 204 g/mol. The van der Waals surface area contributed by atoms with Gasteiger partial charge in [-0.15, -0.1) is 0 Å². The van der Waals surface area contributed by atoms with E-state index in [0.29, 0.717) is 12.2 Å². The van der Waals surface area contributed by atoms with Crippen LogP contribution in [0, 0.1) is 17.2 Å². The molecule has 1 aromatic rings. The van der Waals surface area contributed by atoms with Gasteiger partial charge in [-0.05, 0) is 20.3 Å². The average Bonchev–Trinajstić information content (AvgIpc) is 2.67. The number of rotatable bonds is 4. The summed E-state index contributed by atoms with van der Waals surface area (Å²) in [6, 6.07) is 3.87. The van der Waals surface area contributed by atoms with Gasteiger partial charge in [0, 0.05) is 12.1 Å². The van der Waals surface area contributed by atoms with E-state index in [4.69, 9.17) is 5.26 Å². The van der Waals surface area contributed by atoms with Crippen molar-refractivity contribution < 1.29 is 4.79 Å². The van der Waals surface area contributed by atoms with Gasteiger partial charge < -0.3 is 5.32 Å². The lowest BCUT2D eigenvalue weighted by Crippen LogP contribution is -2.23. The molecular formula is C11H16N4O. The summed E-state index contributed by atoms with van der Waals surface area (Å²) in [6.07, 6.45) is 2.14. The normalized spacial score (nSPS) is 12.2. The molecule has 5 heteroatoms. The minimum Gasteiger partial charge on any atom is -0.310 e. The van der Waals surface area contributed by atoms with E-state index in [-0.39, 0.29) is 11.9 Å². The second kappa shape index (κ2) is 5.31. The van der Waals surface area contributed by atoms with Crippen molar-refractivity contribution in [3.05, 3.63) is 12.3 Å². The van der Waals surface area contributed by atoms with Gasteiger partial charge >= 0.3 is 0 Å². The molecule has 0 fully saturated rings. The van der Waals surface area contributed by atoms with Crippen LogP contribution in [-0.2, 0) is 4.79 Å². The molecule has 0 saturated heterocycles. The molecule has 1 unspecified atom stereocenters. The van der Waals surface area contributed by atoms with Gasteiger partial charge in [-0.3, -0.25) is 4.79 Å². The van der Waals surface area contributed by atoms with Gasteiger partial charge in [-0.2, -0.15) is 10.4 Å². The maximum atomic E-state index is 11.7. The summed E-state index contributed by atoms with van der Waals surface area (Å²) in [6.45, 7) is 5.77. The maximum Gasteiger partial charge on any atom is 0.242 e. The van der Waals surface area contributed by atoms with E-state index in [1.54, 1.807) is 16.9 Å². The molecule has 1 atom stereocenters. The molecule has 1 aromatic heterocycles. The van der Waals surface area contributed by atoms with Crippen LogP contribution in [0.1, 0.15) is 33.2 Å². The molecule has 0 aliphatic carbocycles. The third kappa shape index (κ3) is 2.60. The van der Waals surface area contributed by atoms with E-state index in [0.717, 1.165) is 0 Å². The number of carbonyl (C=O) groups is 1. The molecule has 1 rings (SSSR count). The number of hydrogen-bond acceptors (Lipinski definition) is 3. The van der Waals surface area contributed by atoms with E-state index >= 15 is 0 Å². The first-order chi connectivity index (χ1) is 7.60. The highest BCUT2D eigenvalue weighted by atomic mass is 16.2. The quantitative estimate of drug-likeness (QED) is 0.843. The fraction of sp³-hybridized carbons (Fsp3) is 0.545. The molecule has 5 nitrogen and oxygen atoms in total. The van der Waals surface area contributed by atoms with Crippen LogP contribution in [0.5, 0.6) is 0 Å². The second-order valence-electron chi connectivity index (χ2n) is 3.83. The number of hydrogen-bond donors (Lipinski definition) is 1. The Kier molecular flexibility index (Phi) is 4.06. The lowest BCUT2D eigenvalue weighted by atomic mass is 10.1. The van der Waals surface area contributed by atoms with Crippen molar-refractivity contribution in [3.63, 3.8) is 0 Å². The van der Waals surface area contributed by atoms with Gasteiger partial charge in [0.15, 0.2) is 0 Å². The lowest BCUT2D eigenvalue weighted by Gasteiger charge is -2.12. The SMILES string of the molecule is CCC(C#N)C(=O)Nc1ccnn1C(C)C. The van der Waals surface area contributed by atoms with Crippen LogP contribution < -0.4 is 5.32 Å². The van der Waals surface area contributed by atoms with Crippen molar-refractivity contribution in [1.29, 1.82) is 5.26 Å². The molecule has 16 heavy (non-hydrogen) atoms. The zero-order chi connectivity index (χ0) is 12.1. The zero-order valence-corrected chi connectivity index (χ0v) is 9.77. The molecule has 0 aliphatic heterocycles. The molecule has 1 amide bonds. The molecule has 0 saturated carbocycles. The average molecular weight is 220 g/mol. The van der Waals surface area contributed by atoms with E-state index in [9.17, 15) is 4.79 Å². The number of aromatic nitrogens is 2. The summed E-state index contributed by atoms with van der Waals surface area (Å²) in [5, 5.41) is 15.6. The van der Waals surface area contributed by atoms with Crippen LogP contribution in [0.3, 0.4) is 0 Å². The van der Waals surface area contributed by atoms with Crippen molar-refractivity contribution >= 4 is 11.7 Å². The van der Waals surface area contributed by atoms with Crippen LogP contribution in [-0.4, -0.2) is 15.7 Å². The summed E-state index contributed by atoms with van der Waals surface area (Å²) < 4.78 is 1.71. The Morgan fingerprint density at radius 2 is 2.38 bits per heavy atom. The van der Waals surface area contributed by atoms with Crippen LogP contribution in [0.4, 0.5) is 5.82 Å². The Morgan fingerprint density at radius 3 is 2.88 bits per heavy atom. The molecule has 0 aliphatic rings. The van der Waals surface area contributed by atoms with E-state index < -0.39 is 5.92 Å². The number of nitriles is 1. The molecule has 0 radical (unpaired) electrons. The number of nitrogens with zero attached hydrogens (tertiary/aromatic N) is 3. The first-order valence-corrected chi connectivity index (χ1v) is 5.34. The Bertz CT molecular complexity index is 402. The molecule has 0 aromatic carbocycles. The summed E-state index contributed by atoms with van der Waals surface area (Å²) >= 11 is 0. The monoisotopic (exact) mass is 220 g/mol. The van der Waals surface area contributed by atoms with Crippen LogP contribution in [0.15, 0.2) is 12.3 Å². The molecule has 0 bridgehead atoms. The summed E-state index contributed by atoms with van der Waals surface area (Å²) in [5.74, 6) is -0.239. The highest BCUT2D eigenvalue weighted by Crippen LogP contribution is 2.14.